The fraction of sp³-hybridized carbons (Fsp3) is 0. The standard InChI is InChI=1S/C10H6BrN3/c11-9-3-1-2-4-10(9)14-6-5-8(7-12)13-14/h1-6H. The van der Waals surface area contributed by atoms with E-state index < -0.39 is 0 Å². The quantitative estimate of drug-likeness (QED) is 0.777. The number of nitriles is 1. The molecular weight excluding hydrogens is 242 g/mol. The van der Waals surface area contributed by atoms with E-state index in [1.807, 2.05) is 30.3 Å². The molecular formula is C10H6BrN3. The minimum atomic E-state index is 0.417. The fourth-order valence-electron chi connectivity index (χ4n) is 1.16. The first-order valence-electron chi connectivity index (χ1n) is 4.02. The lowest BCUT2D eigenvalue weighted by atomic mass is 10.3. The van der Waals surface area contributed by atoms with Crippen molar-refractivity contribution < 1.29 is 0 Å². The average Bonchev–Trinajstić information content (AvgIpc) is 2.67. The van der Waals surface area contributed by atoms with Crippen LogP contribution in [-0.2, 0) is 0 Å². The highest BCUT2D eigenvalue weighted by Gasteiger charge is 2.02. The summed E-state index contributed by atoms with van der Waals surface area (Å²) in [6, 6.07) is 11.4. The Kier molecular flexibility index (Phi) is 2.33. The predicted molar refractivity (Wildman–Crippen MR) is 56.0 cm³/mol. The summed E-state index contributed by atoms with van der Waals surface area (Å²) in [5.74, 6) is 0. The second-order valence-corrected chi connectivity index (χ2v) is 3.56. The second kappa shape index (κ2) is 3.64. The van der Waals surface area contributed by atoms with Gasteiger partial charge in [-0.05, 0) is 34.1 Å². The zero-order valence-corrected chi connectivity index (χ0v) is 8.77. The van der Waals surface area contributed by atoms with E-state index in [2.05, 4.69) is 21.0 Å². The van der Waals surface area contributed by atoms with Crippen LogP contribution in [0.25, 0.3) is 5.69 Å². The summed E-state index contributed by atoms with van der Waals surface area (Å²) in [6.07, 6.45) is 1.76. The van der Waals surface area contributed by atoms with Gasteiger partial charge in [-0.25, -0.2) is 4.68 Å². The van der Waals surface area contributed by atoms with E-state index in [0.717, 1.165) is 10.2 Å². The molecule has 0 fully saturated rings. The molecule has 0 saturated carbocycles. The van der Waals surface area contributed by atoms with Gasteiger partial charge in [0.1, 0.15) is 6.07 Å². The molecule has 0 amide bonds. The molecule has 0 bridgehead atoms. The summed E-state index contributed by atoms with van der Waals surface area (Å²) in [5, 5.41) is 12.7. The summed E-state index contributed by atoms with van der Waals surface area (Å²) in [5.41, 5.74) is 1.34. The molecule has 2 aromatic rings. The van der Waals surface area contributed by atoms with Crippen molar-refractivity contribution in [2.24, 2.45) is 0 Å². The Hall–Kier alpha value is -1.60. The smallest absolute Gasteiger partial charge is 0.162 e. The van der Waals surface area contributed by atoms with Gasteiger partial charge in [-0.2, -0.15) is 10.4 Å². The first-order valence-corrected chi connectivity index (χ1v) is 4.81. The SMILES string of the molecule is N#Cc1ccn(-c2ccccc2Br)n1. The van der Waals surface area contributed by atoms with Gasteiger partial charge < -0.3 is 0 Å². The third-order valence-electron chi connectivity index (χ3n) is 1.80. The lowest BCUT2D eigenvalue weighted by Crippen LogP contribution is -1.95. The van der Waals surface area contributed by atoms with Gasteiger partial charge in [-0.1, -0.05) is 12.1 Å². The Morgan fingerprint density at radius 3 is 2.71 bits per heavy atom. The van der Waals surface area contributed by atoms with Crippen molar-refractivity contribution >= 4 is 15.9 Å². The monoisotopic (exact) mass is 247 g/mol. The second-order valence-electron chi connectivity index (χ2n) is 2.71. The van der Waals surface area contributed by atoms with Gasteiger partial charge in [0.25, 0.3) is 0 Å². The van der Waals surface area contributed by atoms with E-state index in [9.17, 15) is 0 Å². The van der Waals surface area contributed by atoms with Crippen LogP contribution in [0.15, 0.2) is 41.0 Å². The lowest BCUT2D eigenvalue weighted by Gasteiger charge is -2.02. The summed E-state index contributed by atoms with van der Waals surface area (Å²) >= 11 is 3.42. The van der Waals surface area contributed by atoms with Crippen molar-refractivity contribution in [3.63, 3.8) is 0 Å². The maximum Gasteiger partial charge on any atom is 0.162 e. The minimum Gasteiger partial charge on any atom is -0.239 e. The van der Waals surface area contributed by atoms with Crippen LogP contribution in [-0.4, -0.2) is 9.78 Å². The number of hydrogen-bond acceptors (Lipinski definition) is 2. The van der Waals surface area contributed by atoms with Crippen LogP contribution in [0.3, 0.4) is 0 Å². The maximum absolute atomic E-state index is 8.63. The molecule has 14 heavy (non-hydrogen) atoms. The van der Waals surface area contributed by atoms with Crippen molar-refractivity contribution in [1.82, 2.24) is 9.78 Å². The zero-order valence-electron chi connectivity index (χ0n) is 7.18. The zero-order chi connectivity index (χ0) is 9.97. The maximum atomic E-state index is 8.63. The summed E-state index contributed by atoms with van der Waals surface area (Å²) < 4.78 is 2.62. The molecule has 2 rings (SSSR count). The molecule has 3 nitrogen and oxygen atoms in total. The van der Waals surface area contributed by atoms with E-state index in [1.54, 1.807) is 16.9 Å². The molecule has 0 aliphatic heterocycles. The van der Waals surface area contributed by atoms with Gasteiger partial charge in [0.15, 0.2) is 5.69 Å². The van der Waals surface area contributed by atoms with Crippen LogP contribution >= 0.6 is 15.9 Å². The van der Waals surface area contributed by atoms with Crippen LogP contribution in [0.5, 0.6) is 0 Å². The Balaban J connectivity index is 2.51. The number of halogens is 1. The van der Waals surface area contributed by atoms with Gasteiger partial charge in [-0.15, -0.1) is 0 Å². The molecule has 68 valence electrons. The number of aromatic nitrogens is 2. The Morgan fingerprint density at radius 2 is 2.07 bits per heavy atom. The topological polar surface area (TPSA) is 41.6 Å². The van der Waals surface area contributed by atoms with Gasteiger partial charge in [0.05, 0.1) is 5.69 Å². The summed E-state index contributed by atoms with van der Waals surface area (Å²) in [6.45, 7) is 0. The van der Waals surface area contributed by atoms with Crippen molar-refractivity contribution in [2.45, 2.75) is 0 Å². The molecule has 0 spiro atoms. The highest BCUT2D eigenvalue weighted by atomic mass is 79.9. The molecule has 0 N–H and O–H groups in total. The highest BCUT2D eigenvalue weighted by molar-refractivity contribution is 9.10. The number of hydrogen-bond donors (Lipinski definition) is 0. The van der Waals surface area contributed by atoms with E-state index in [-0.39, 0.29) is 0 Å². The molecule has 0 aliphatic rings. The van der Waals surface area contributed by atoms with E-state index >= 15 is 0 Å². The van der Waals surface area contributed by atoms with Crippen LogP contribution in [0.4, 0.5) is 0 Å². The average molecular weight is 248 g/mol. The van der Waals surface area contributed by atoms with Crippen LogP contribution in [0.1, 0.15) is 5.69 Å². The molecule has 1 heterocycles. The minimum absolute atomic E-state index is 0.417. The fourth-order valence-corrected chi connectivity index (χ4v) is 1.62. The van der Waals surface area contributed by atoms with E-state index in [0.29, 0.717) is 5.69 Å². The molecule has 4 heteroatoms. The normalized spacial score (nSPS) is 9.71. The van der Waals surface area contributed by atoms with Gasteiger partial charge in [0, 0.05) is 10.7 Å². The summed E-state index contributed by atoms with van der Waals surface area (Å²) in [4.78, 5) is 0. The van der Waals surface area contributed by atoms with Gasteiger partial charge in [0.2, 0.25) is 0 Å². The van der Waals surface area contributed by atoms with Crippen LogP contribution in [0, 0.1) is 11.3 Å². The summed E-state index contributed by atoms with van der Waals surface area (Å²) in [7, 11) is 0. The third kappa shape index (κ3) is 1.54. The predicted octanol–water partition coefficient (Wildman–Crippen LogP) is 2.51. The highest BCUT2D eigenvalue weighted by Crippen LogP contribution is 2.19. The first-order chi connectivity index (χ1) is 6.81. The Bertz CT molecular complexity index is 496. The molecule has 0 saturated heterocycles. The van der Waals surface area contributed by atoms with E-state index in [4.69, 9.17) is 5.26 Å². The molecule has 0 radical (unpaired) electrons. The van der Waals surface area contributed by atoms with Crippen molar-refractivity contribution in [1.29, 1.82) is 5.26 Å². The Labute approximate surface area is 89.7 Å². The molecule has 0 atom stereocenters. The van der Waals surface area contributed by atoms with Crippen LogP contribution < -0.4 is 0 Å². The van der Waals surface area contributed by atoms with E-state index in [1.165, 1.54) is 0 Å². The van der Waals surface area contributed by atoms with Crippen LogP contribution in [0.2, 0.25) is 0 Å². The lowest BCUT2D eigenvalue weighted by molar-refractivity contribution is 0.869. The number of benzene rings is 1. The van der Waals surface area contributed by atoms with Crippen molar-refractivity contribution in [3.8, 4) is 11.8 Å². The molecule has 1 aromatic carbocycles. The number of nitrogens with zero attached hydrogens (tertiary/aromatic N) is 3. The van der Waals surface area contributed by atoms with Crippen molar-refractivity contribution in [3.05, 3.63) is 46.7 Å². The largest absolute Gasteiger partial charge is 0.239 e. The molecule has 0 unspecified atom stereocenters. The molecule has 1 aromatic heterocycles. The number of rotatable bonds is 1. The van der Waals surface area contributed by atoms with Gasteiger partial charge in [-0.3, -0.25) is 0 Å². The van der Waals surface area contributed by atoms with Crippen molar-refractivity contribution in [2.75, 3.05) is 0 Å². The number of para-hydroxylation sites is 1. The third-order valence-corrected chi connectivity index (χ3v) is 2.47. The molecule has 0 aliphatic carbocycles. The first kappa shape index (κ1) is 8.97. The van der Waals surface area contributed by atoms with Gasteiger partial charge >= 0.3 is 0 Å². The Morgan fingerprint density at radius 1 is 1.29 bits per heavy atom.